The Morgan fingerprint density at radius 3 is 2.11 bits per heavy atom. The van der Waals surface area contributed by atoms with Crippen molar-refractivity contribution in [2.24, 2.45) is 0 Å². The van der Waals surface area contributed by atoms with E-state index in [4.69, 9.17) is 4.74 Å². The van der Waals surface area contributed by atoms with Crippen LogP contribution in [0.2, 0.25) is 0 Å². The molecule has 0 spiro atoms. The number of morpholine rings is 1. The molecule has 0 N–H and O–H groups in total. The monoisotopic (exact) mass is 562 g/mol. The lowest BCUT2D eigenvalue weighted by molar-refractivity contribution is -0.140. The van der Waals surface area contributed by atoms with Gasteiger partial charge in [-0.05, 0) is 46.4 Å². The van der Waals surface area contributed by atoms with E-state index in [1.54, 1.807) is 17.0 Å². The minimum Gasteiger partial charge on any atom is -0.378 e. The van der Waals surface area contributed by atoms with Crippen LogP contribution in [0.1, 0.15) is 47.8 Å². The molecule has 4 rings (SSSR count). The van der Waals surface area contributed by atoms with Crippen LogP contribution in [-0.2, 0) is 27.9 Å². The van der Waals surface area contributed by atoms with Crippen LogP contribution in [-0.4, -0.2) is 54.0 Å². The number of amides is 2. The van der Waals surface area contributed by atoms with Crippen molar-refractivity contribution in [3.05, 3.63) is 106 Å². The topological polar surface area (TPSA) is 49.9 Å². The smallest absolute Gasteiger partial charge is 0.254 e. The fraction of sp³-hybridized carbons (Fsp3) is 0.355. The van der Waals surface area contributed by atoms with E-state index in [0.29, 0.717) is 44.8 Å². The molecular formula is C31H35BrN2O3. The van der Waals surface area contributed by atoms with Crippen molar-refractivity contribution in [1.29, 1.82) is 0 Å². The molecule has 3 aromatic rings. The Bertz CT molecular complexity index is 1180. The zero-order valence-corrected chi connectivity index (χ0v) is 23.4. The third kappa shape index (κ3) is 7.08. The molecule has 5 nitrogen and oxygen atoms in total. The summed E-state index contributed by atoms with van der Waals surface area (Å²) in [5.74, 6) is -0.195. The highest BCUT2D eigenvalue weighted by Crippen LogP contribution is 2.25. The van der Waals surface area contributed by atoms with Crippen molar-refractivity contribution in [1.82, 2.24) is 9.80 Å². The minimum atomic E-state index is -0.640. The fourth-order valence-electron chi connectivity index (χ4n) is 4.55. The lowest BCUT2D eigenvalue weighted by Gasteiger charge is -2.36. The first-order chi connectivity index (χ1) is 17.7. The van der Waals surface area contributed by atoms with Gasteiger partial charge < -0.3 is 14.5 Å². The maximum absolute atomic E-state index is 14.0. The normalized spacial score (nSPS) is 14.8. The summed E-state index contributed by atoms with van der Waals surface area (Å²) in [5, 5.41) is 0. The van der Waals surface area contributed by atoms with E-state index in [9.17, 15) is 9.59 Å². The summed E-state index contributed by atoms with van der Waals surface area (Å²) in [4.78, 5) is 31.6. The van der Waals surface area contributed by atoms with Crippen molar-refractivity contribution in [3.63, 3.8) is 0 Å². The van der Waals surface area contributed by atoms with Gasteiger partial charge in [-0.3, -0.25) is 9.59 Å². The molecule has 1 heterocycles. The number of halogens is 1. The Morgan fingerprint density at radius 1 is 0.892 bits per heavy atom. The molecule has 1 atom stereocenters. The Balaban J connectivity index is 1.72. The van der Waals surface area contributed by atoms with Crippen LogP contribution < -0.4 is 0 Å². The van der Waals surface area contributed by atoms with E-state index in [2.05, 4.69) is 61.0 Å². The summed E-state index contributed by atoms with van der Waals surface area (Å²) in [7, 11) is 0. The first-order valence-corrected chi connectivity index (χ1v) is 13.6. The number of hydrogen-bond acceptors (Lipinski definition) is 3. The predicted octanol–water partition coefficient (Wildman–Crippen LogP) is 5.86. The van der Waals surface area contributed by atoms with Gasteiger partial charge >= 0.3 is 0 Å². The molecule has 1 aliphatic heterocycles. The van der Waals surface area contributed by atoms with Gasteiger partial charge in [0, 0.05) is 36.1 Å². The van der Waals surface area contributed by atoms with Crippen molar-refractivity contribution in [2.75, 3.05) is 26.3 Å². The number of carbonyl (C=O) groups excluding carboxylic acids is 2. The molecule has 37 heavy (non-hydrogen) atoms. The zero-order chi connectivity index (χ0) is 26.4. The summed E-state index contributed by atoms with van der Waals surface area (Å²) < 4.78 is 6.39. The summed E-state index contributed by atoms with van der Waals surface area (Å²) in [6.07, 6.45) is 0.444. The quantitative estimate of drug-likeness (QED) is 0.362. The second-order valence-electron chi connectivity index (χ2n) is 10.5. The maximum Gasteiger partial charge on any atom is 0.254 e. The third-order valence-electron chi connectivity index (χ3n) is 6.78. The van der Waals surface area contributed by atoms with Crippen LogP contribution in [0.5, 0.6) is 0 Å². The average molecular weight is 564 g/mol. The van der Waals surface area contributed by atoms with Gasteiger partial charge in [0.25, 0.3) is 5.91 Å². The van der Waals surface area contributed by atoms with Crippen LogP contribution in [0.15, 0.2) is 83.3 Å². The number of carbonyl (C=O) groups is 2. The van der Waals surface area contributed by atoms with Gasteiger partial charge in [0.2, 0.25) is 5.91 Å². The van der Waals surface area contributed by atoms with Crippen molar-refractivity contribution in [3.8, 4) is 0 Å². The number of benzene rings is 3. The van der Waals surface area contributed by atoms with Crippen LogP contribution >= 0.6 is 15.9 Å². The van der Waals surface area contributed by atoms with E-state index in [-0.39, 0.29) is 17.2 Å². The van der Waals surface area contributed by atoms with E-state index < -0.39 is 6.04 Å². The van der Waals surface area contributed by atoms with Gasteiger partial charge in [-0.25, -0.2) is 0 Å². The van der Waals surface area contributed by atoms with Crippen LogP contribution in [0.4, 0.5) is 0 Å². The molecule has 0 saturated carbocycles. The molecule has 194 valence electrons. The maximum atomic E-state index is 14.0. The molecule has 6 heteroatoms. The first-order valence-electron chi connectivity index (χ1n) is 12.8. The number of rotatable bonds is 7. The van der Waals surface area contributed by atoms with E-state index >= 15 is 0 Å². The molecule has 0 radical (unpaired) electrons. The average Bonchev–Trinajstić information content (AvgIpc) is 2.91. The summed E-state index contributed by atoms with van der Waals surface area (Å²) in [6, 6.07) is 25.0. The molecule has 1 fully saturated rings. The zero-order valence-electron chi connectivity index (χ0n) is 21.8. The molecule has 2 amide bonds. The van der Waals surface area contributed by atoms with Crippen molar-refractivity contribution in [2.45, 2.75) is 45.2 Å². The van der Waals surface area contributed by atoms with Gasteiger partial charge in [0.15, 0.2) is 0 Å². The predicted molar refractivity (Wildman–Crippen MR) is 150 cm³/mol. The molecule has 0 bridgehead atoms. The molecular weight excluding hydrogens is 528 g/mol. The first kappa shape index (κ1) is 27.1. The minimum absolute atomic E-state index is 0.0353. The highest BCUT2D eigenvalue weighted by Gasteiger charge is 2.34. The van der Waals surface area contributed by atoms with Gasteiger partial charge in [0.1, 0.15) is 6.04 Å². The Labute approximate surface area is 228 Å². The van der Waals surface area contributed by atoms with E-state index in [1.807, 2.05) is 47.4 Å². The van der Waals surface area contributed by atoms with Gasteiger partial charge in [0.05, 0.1) is 13.2 Å². The van der Waals surface area contributed by atoms with Gasteiger partial charge in [-0.2, -0.15) is 0 Å². The highest BCUT2D eigenvalue weighted by atomic mass is 79.9. The summed E-state index contributed by atoms with van der Waals surface area (Å²) in [5.41, 5.74) is 3.83. The number of ether oxygens (including phenoxy) is 1. The lowest BCUT2D eigenvalue weighted by Crippen LogP contribution is -2.54. The Morgan fingerprint density at radius 2 is 1.51 bits per heavy atom. The van der Waals surface area contributed by atoms with Gasteiger partial charge in [-0.15, -0.1) is 0 Å². The van der Waals surface area contributed by atoms with Crippen molar-refractivity contribution >= 4 is 27.7 Å². The van der Waals surface area contributed by atoms with Crippen LogP contribution in [0.3, 0.4) is 0 Å². The third-order valence-corrected chi connectivity index (χ3v) is 7.31. The lowest BCUT2D eigenvalue weighted by atomic mass is 9.86. The molecule has 0 aromatic heterocycles. The van der Waals surface area contributed by atoms with Gasteiger partial charge in [-0.1, -0.05) is 91.3 Å². The molecule has 0 aliphatic carbocycles. The summed E-state index contributed by atoms with van der Waals surface area (Å²) in [6.45, 7) is 8.98. The van der Waals surface area contributed by atoms with Crippen LogP contribution in [0.25, 0.3) is 0 Å². The van der Waals surface area contributed by atoms with E-state index in [1.165, 1.54) is 5.56 Å². The fourth-order valence-corrected chi connectivity index (χ4v) is 4.82. The number of hydrogen-bond donors (Lipinski definition) is 0. The molecule has 3 aromatic carbocycles. The van der Waals surface area contributed by atoms with Crippen LogP contribution in [0, 0.1) is 0 Å². The Hall–Kier alpha value is -2.96. The summed E-state index contributed by atoms with van der Waals surface area (Å²) >= 11 is 3.46. The molecule has 1 saturated heterocycles. The SMILES string of the molecule is CC(C)(C)c1ccc(CN(C(=O)c2ccc(Br)cc2)C(Cc2ccccc2)C(=O)N2CCOCC2)cc1. The second-order valence-corrected chi connectivity index (χ2v) is 11.4. The standard InChI is InChI=1S/C31H35BrN2O3/c1-31(2,3)26-13-9-24(10-14-26)22-34(29(35)25-11-15-27(32)16-12-25)28(21-23-7-5-4-6-8-23)30(36)33-17-19-37-20-18-33/h4-16,28H,17-22H2,1-3H3. The van der Waals surface area contributed by atoms with Crippen molar-refractivity contribution < 1.29 is 14.3 Å². The second kappa shape index (κ2) is 12.1. The molecule has 1 aliphatic rings. The highest BCUT2D eigenvalue weighted by molar-refractivity contribution is 9.10. The largest absolute Gasteiger partial charge is 0.378 e. The number of nitrogens with zero attached hydrogens (tertiary/aromatic N) is 2. The van der Waals surface area contributed by atoms with E-state index in [0.717, 1.165) is 15.6 Å². The molecule has 1 unspecified atom stereocenters. The Kier molecular flexibility index (Phi) is 8.83.